The van der Waals surface area contributed by atoms with E-state index < -0.39 is 29.7 Å². The molecule has 0 unspecified atom stereocenters. The van der Waals surface area contributed by atoms with E-state index in [2.05, 4.69) is 20.7 Å². The molecule has 0 aromatic heterocycles. The minimum absolute atomic E-state index is 0.0457. The van der Waals surface area contributed by atoms with E-state index in [9.17, 15) is 27.6 Å². The molecule has 1 saturated carbocycles. The second kappa shape index (κ2) is 7.60. The summed E-state index contributed by atoms with van der Waals surface area (Å²) in [4.78, 5) is 36.8. The predicted octanol–water partition coefficient (Wildman–Crippen LogP) is 2.97. The predicted molar refractivity (Wildman–Crippen MR) is 103 cm³/mol. The van der Waals surface area contributed by atoms with Gasteiger partial charge in [0.15, 0.2) is 0 Å². The largest absolute Gasteiger partial charge is 0.573 e. The Morgan fingerprint density at radius 2 is 1.77 bits per heavy atom. The van der Waals surface area contributed by atoms with E-state index in [1.165, 1.54) is 12.1 Å². The monoisotopic (exact) mass is 433 g/mol. The highest BCUT2D eigenvalue weighted by Gasteiger charge is 2.56. The SMILES string of the molecule is O=C1NC(=O)[C@](CNC(=O)c2ccccc2-c2ccc(OC(F)(F)F)cc2)(C2CC2)N1. The Morgan fingerprint density at radius 1 is 1.10 bits per heavy atom. The van der Waals surface area contributed by atoms with E-state index >= 15 is 0 Å². The maximum absolute atomic E-state index is 12.9. The first kappa shape index (κ1) is 20.7. The standard InChI is InChI=1S/C21H18F3N3O4/c22-21(23,24)31-14-9-5-12(6-10-14)15-3-1-2-4-16(15)17(28)25-11-20(13-7-8-13)18(29)26-19(30)27-20/h1-6,9-10,13H,7-8,11H2,(H,25,28)(H2,26,27,29,30)/t20-/m0/s1. The molecule has 7 nitrogen and oxygen atoms in total. The Hall–Kier alpha value is -3.56. The first-order chi connectivity index (χ1) is 14.7. The van der Waals surface area contributed by atoms with Gasteiger partial charge < -0.3 is 15.4 Å². The fourth-order valence-corrected chi connectivity index (χ4v) is 3.72. The smallest absolute Gasteiger partial charge is 0.406 e. The lowest BCUT2D eigenvalue weighted by Gasteiger charge is -2.26. The summed E-state index contributed by atoms with van der Waals surface area (Å²) < 4.78 is 41.0. The summed E-state index contributed by atoms with van der Waals surface area (Å²) in [5.41, 5.74) is 0.129. The number of urea groups is 1. The molecule has 31 heavy (non-hydrogen) atoms. The van der Waals surface area contributed by atoms with Crippen molar-refractivity contribution in [3.05, 3.63) is 54.1 Å². The van der Waals surface area contributed by atoms with Gasteiger partial charge in [-0.25, -0.2) is 4.79 Å². The molecule has 4 amide bonds. The third-order valence-corrected chi connectivity index (χ3v) is 5.34. The van der Waals surface area contributed by atoms with Gasteiger partial charge in [-0.2, -0.15) is 0 Å². The van der Waals surface area contributed by atoms with Crippen molar-refractivity contribution in [1.29, 1.82) is 0 Å². The number of ether oxygens (including phenoxy) is 1. The molecule has 0 radical (unpaired) electrons. The molecular weight excluding hydrogens is 415 g/mol. The topological polar surface area (TPSA) is 96.5 Å². The minimum Gasteiger partial charge on any atom is -0.406 e. The lowest BCUT2D eigenvalue weighted by atomic mass is 9.92. The van der Waals surface area contributed by atoms with Crippen molar-refractivity contribution in [2.75, 3.05) is 6.54 Å². The van der Waals surface area contributed by atoms with E-state index in [0.717, 1.165) is 25.0 Å². The number of halogens is 3. The van der Waals surface area contributed by atoms with E-state index in [1.807, 2.05) is 0 Å². The van der Waals surface area contributed by atoms with Gasteiger partial charge in [-0.1, -0.05) is 30.3 Å². The van der Waals surface area contributed by atoms with Crippen LogP contribution in [0.1, 0.15) is 23.2 Å². The third kappa shape index (κ3) is 4.32. The van der Waals surface area contributed by atoms with Gasteiger partial charge in [0.2, 0.25) is 0 Å². The molecule has 2 fully saturated rings. The zero-order valence-electron chi connectivity index (χ0n) is 16.1. The second-order valence-corrected chi connectivity index (χ2v) is 7.45. The summed E-state index contributed by atoms with van der Waals surface area (Å²) in [5, 5.41) is 7.57. The minimum atomic E-state index is -4.79. The van der Waals surface area contributed by atoms with Crippen molar-refractivity contribution in [3.63, 3.8) is 0 Å². The van der Waals surface area contributed by atoms with Crippen molar-refractivity contribution >= 4 is 17.8 Å². The Bertz CT molecular complexity index is 1030. The molecule has 2 aromatic carbocycles. The van der Waals surface area contributed by atoms with Crippen LogP contribution in [0.15, 0.2) is 48.5 Å². The number of rotatable bonds is 6. The maximum Gasteiger partial charge on any atom is 0.573 e. The molecule has 1 aliphatic heterocycles. The number of alkyl halides is 3. The number of imide groups is 1. The van der Waals surface area contributed by atoms with Crippen LogP contribution in [0.25, 0.3) is 11.1 Å². The number of benzene rings is 2. The summed E-state index contributed by atoms with van der Waals surface area (Å²) in [7, 11) is 0. The average molecular weight is 433 g/mol. The van der Waals surface area contributed by atoms with E-state index in [-0.39, 0.29) is 23.8 Å². The van der Waals surface area contributed by atoms with Gasteiger partial charge in [0.25, 0.3) is 11.8 Å². The highest BCUT2D eigenvalue weighted by molar-refractivity contribution is 6.08. The zero-order chi connectivity index (χ0) is 22.2. The van der Waals surface area contributed by atoms with Crippen LogP contribution >= 0.6 is 0 Å². The summed E-state index contributed by atoms with van der Waals surface area (Å²) in [6.45, 7) is -0.0687. The van der Waals surface area contributed by atoms with Crippen molar-refractivity contribution in [2.24, 2.45) is 5.92 Å². The summed E-state index contributed by atoms with van der Waals surface area (Å²) in [5.74, 6) is -1.35. The fourth-order valence-electron chi connectivity index (χ4n) is 3.72. The van der Waals surface area contributed by atoms with Crippen LogP contribution in [0, 0.1) is 5.92 Å². The highest BCUT2D eigenvalue weighted by Crippen LogP contribution is 2.41. The van der Waals surface area contributed by atoms with Crippen molar-refractivity contribution in [2.45, 2.75) is 24.7 Å². The van der Waals surface area contributed by atoms with E-state index in [1.54, 1.807) is 24.3 Å². The van der Waals surface area contributed by atoms with Gasteiger partial charge in [-0.05, 0) is 48.1 Å². The van der Waals surface area contributed by atoms with Crippen LogP contribution < -0.4 is 20.7 Å². The number of amides is 4. The van der Waals surface area contributed by atoms with Gasteiger partial charge in [0.1, 0.15) is 11.3 Å². The molecule has 0 bridgehead atoms. The average Bonchev–Trinajstić information content (AvgIpc) is 3.52. The Morgan fingerprint density at radius 3 is 2.35 bits per heavy atom. The molecule has 1 atom stereocenters. The molecule has 1 heterocycles. The van der Waals surface area contributed by atoms with Crippen molar-refractivity contribution < 1.29 is 32.3 Å². The molecule has 3 N–H and O–H groups in total. The molecule has 2 aliphatic rings. The molecule has 4 rings (SSSR count). The van der Waals surface area contributed by atoms with E-state index in [0.29, 0.717) is 11.1 Å². The Balaban J connectivity index is 1.52. The number of carbonyl (C=O) groups excluding carboxylic acids is 3. The van der Waals surface area contributed by atoms with Crippen molar-refractivity contribution in [3.8, 4) is 16.9 Å². The van der Waals surface area contributed by atoms with Crippen molar-refractivity contribution in [1.82, 2.24) is 16.0 Å². The van der Waals surface area contributed by atoms with Crippen LogP contribution in [-0.4, -0.2) is 36.3 Å². The van der Waals surface area contributed by atoms with Crippen LogP contribution in [0.3, 0.4) is 0 Å². The van der Waals surface area contributed by atoms with Gasteiger partial charge >= 0.3 is 12.4 Å². The maximum atomic E-state index is 12.9. The summed E-state index contributed by atoms with van der Waals surface area (Å²) in [6.07, 6.45) is -3.25. The quantitative estimate of drug-likeness (QED) is 0.611. The van der Waals surface area contributed by atoms with Gasteiger partial charge in [0, 0.05) is 5.56 Å². The van der Waals surface area contributed by atoms with Crippen LogP contribution in [0.4, 0.5) is 18.0 Å². The first-order valence-electron chi connectivity index (χ1n) is 9.55. The normalized spacial score (nSPS) is 20.7. The van der Waals surface area contributed by atoms with Crippen LogP contribution in [0.5, 0.6) is 5.75 Å². The number of hydrogen-bond donors (Lipinski definition) is 3. The molecule has 2 aromatic rings. The van der Waals surface area contributed by atoms with Crippen LogP contribution in [-0.2, 0) is 4.79 Å². The van der Waals surface area contributed by atoms with Gasteiger partial charge in [0.05, 0.1) is 6.54 Å². The summed E-state index contributed by atoms with van der Waals surface area (Å²) >= 11 is 0. The first-order valence-corrected chi connectivity index (χ1v) is 9.55. The molecule has 162 valence electrons. The highest BCUT2D eigenvalue weighted by atomic mass is 19.4. The summed E-state index contributed by atoms with van der Waals surface area (Å²) in [6, 6.07) is 11.2. The Labute approximate surface area is 175 Å². The second-order valence-electron chi connectivity index (χ2n) is 7.45. The Kier molecular flexibility index (Phi) is 5.08. The lowest BCUT2D eigenvalue weighted by molar-refractivity contribution is -0.274. The van der Waals surface area contributed by atoms with Gasteiger partial charge in [-0.15, -0.1) is 13.2 Å². The zero-order valence-corrected chi connectivity index (χ0v) is 16.1. The number of hydrogen-bond acceptors (Lipinski definition) is 4. The molecular formula is C21H18F3N3O4. The molecule has 1 saturated heterocycles. The fraction of sp³-hybridized carbons (Fsp3) is 0.286. The molecule has 1 aliphatic carbocycles. The molecule has 10 heteroatoms. The van der Waals surface area contributed by atoms with Gasteiger partial charge in [-0.3, -0.25) is 14.9 Å². The number of nitrogens with one attached hydrogen (secondary N) is 3. The third-order valence-electron chi connectivity index (χ3n) is 5.34. The number of carbonyl (C=O) groups is 3. The van der Waals surface area contributed by atoms with E-state index in [4.69, 9.17) is 0 Å². The molecule has 0 spiro atoms. The van der Waals surface area contributed by atoms with Crippen LogP contribution in [0.2, 0.25) is 0 Å². The lowest BCUT2D eigenvalue weighted by Crippen LogP contribution is -2.57.